The topological polar surface area (TPSA) is 43.1 Å². The molecule has 0 aromatic rings. The van der Waals surface area contributed by atoms with E-state index < -0.39 is 17.7 Å². The van der Waals surface area contributed by atoms with Gasteiger partial charge < -0.3 is 5.73 Å². The molecule has 0 spiro atoms. The highest BCUT2D eigenvalue weighted by Gasteiger charge is 2.47. The number of primary amides is 1. The zero-order chi connectivity index (χ0) is 7.07. The van der Waals surface area contributed by atoms with E-state index >= 15 is 0 Å². The standard InChI is InChI=1S/C5H7F2NO.ClH/c6-5(7)1-3(2-5)4(8)9;/h3H,1-2H2,(H2,8,9);1H. The molecule has 5 heteroatoms. The van der Waals surface area contributed by atoms with Crippen molar-refractivity contribution in [3.05, 3.63) is 0 Å². The van der Waals surface area contributed by atoms with Crippen LogP contribution in [-0.2, 0) is 4.79 Å². The monoisotopic (exact) mass is 171 g/mol. The Morgan fingerprint density at radius 2 is 1.90 bits per heavy atom. The maximum absolute atomic E-state index is 11.9. The highest BCUT2D eigenvalue weighted by molar-refractivity contribution is 5.85. The average molecular weight is 172 g/mol. The number of carbonyl (C=O) groups is 1. The number of carbonyl (C=O) groups excluding carboxylic acids is 1. The van der Waals surface area contributed by atoms with Gasteiger partial charge in [0.15, 0.2) is 0 Å². The summed E-state index contributed by atoms with van der Waals surface area (Å²) in [5, 5.41) is 0. The van der Waals surface area contributed by atoms with Crippen LogP contribution in [0.2, 0.25) is 0 Å². The smallest absolute Gasteiger partial charge is 0.249 e. The van der Waals surface area contributed by atoms with E-state index in [0.29, 0.717) is 0 Å². The zero-order valence-corrected chi connectivity index (χ0v) is 5.96. The van der Waals surface area contributed by atoms with Gasteiger partial charge in [0.05, 0.1) is 0 Å². The van der Waals surface area contributed by atoms with Gasteiger partial charge in [0.25, 0.3) is 0 Å². The van der Waals surface area contributed by atoms with Crippen LogP contribution in [0.3, 0.4) is 0 Å². The van der Waals surface area contributed by atoms with E-state index in [2.05, 4.69) is 0 Å². The fourth-order valence-electron chi connectivity index (χ4n) is 0.862. The molecule has 10 heavy (non-hydrogen) atoms. The van der Waals surface area contributed by atoms with Crippen LogP contribution in [0.5, 0.6) is 0 Å². The number of hydrogen-bond acceptors (Lipinski definition) is 1. The Hall–Kier alpha value is -0.380. The molecule has 1 aliphatic rings. The van der Waals surface area contributed by atoms with Crippen molar-refractivity contribution in [2.45, 2.75) is 18.8 Å². The summed E-state index contributed by atoms with van der Waals surface area (Å²) >= 11 is 0. The first-order valence-corrected chi connectivity index (χ1v) is 2.68. The van der Waals surface area contributed by atoms with Crippen molar-refractivity contribution in [1.29, 1.82) is 0 Å². The number of alkyl halides is 2. The van der Waals surface area contributed by atoms with Crippen LogP contribution in [0.15, 0.2) is 0 Å². The molecule has 0 unspecified atom stereocenters. The molecule has 60 valence electrons. The van der Waals surface area contributed by atoms with Crippen molar-refractivity contribution in [3.8, 4) is 0 Å². The fourth-order valence-corrected chi connectivity index (χ4v) is 0.862. The Morgan fingerprint density at radius 3 is 2.00 bits per heavy atom. The summed E-state index contributed by atoms with van der Waals surface area (Å²) in [4.78, 5) is 10.2. The second kappa shape index (κ2) is 2.70. The summed E-state index contributed by atoms with van der Waals surface area (Å²) in [6.07, 6.45) is -0.718. The van der Waals surface area contributed by atoms with E-state index in [1.54, 1.807) is 0 Å². The molecule has 0 aliphatic heterocycles. The fraction of sp³-hybridized carbons (Fsp3) is 0.800. The van der Waals surface area contributed by atoms with E-state index in [1.165, 1.54) is 0 Å². The Bertz CT molecular complexity index is 143. The van der Waals surface area contributed by atoms with E-state index in [4.69, 9.17) is 5.73 Å². The molecule has 2 nitrogen and oxygen atoms in total. The molecule has 0 aromatic heterocycles. The summed E-state index contributed by atoms with van der Waals surface area (Å²) in [7, 11) is 0. The molecule has 0 heterocycles. The molecule has 0 aromatic carbocycles. The van der Waals surface area contributed by atoms with Gasteiger partial charge in [-0.1, -0.05) is 0 Å². The Kier molecular flexibility index (Phi) is 2.60. The molecule has 1 fully saturated rings. The summed E-state index contributed by atoms with van der Waals surface area (Å²) < 4.78 is 23.9. The Balaban J connectivity index is 0.000000810. The second-order valence-corrected chi connectivity index (χ2v) is 2.36. The summed E-state index contributed by atoms with van der Waals surface area (Å²) in [5.74, 6) is -3.82. The molecule has 2 N–H and O–H groups in total. The van der Waals surface area contributed by atoms with Gasteiger partial charge in [-0.25, -0.2) is 8.78 Å². The van der Waals surface area contributed by atoms with Crippen molar-refractivity contribution >= 4 is 18.3 Å². The maximum Gasteiger partial charge on any atom is 0.249 e. The van der Waals surface area contributed by atoms with Crippen LogP contribution < -0.4 is 5.73 Å². The quantitative estimate of drug-likeness (QED) is 0.627. The third kappa shape index (κ3) is 1.80. The molecule has 1 aliphatic carbocycles. The lowest BCUT2D eigenvalue weighted by Crippen LogP contribution is -2.42. The van der Waals surface area contributed by atoms with Crippen LogP contribution in [-0.4, -0.2) is 11.8 Å². The van der Waals surface area contributed by atoms with Gasteiger partial charge in [-0.2, -0.15) is 0 Å². The summed E-state index contributed by atoms with van der Waals surface area (Å²) in [6, 6.07) is 0. The van der Waals surface area contributed by atoms with Crippen molar-refractivity contribution < 1.29 is 13.6 Å². The molecular formula is C5H8ClF2NO. The first-order chi connectivity index (χ1) is 4.01. The van der Waals surface area contributed by atoms with E-state index in [0.717, 1.165) is 0 Å². The zero-order valence-electron chi connectivity index (χ0n) is 5.14. The van der Waals surface area contributed by atoms with Crippen molar-refractivity contribution in [2.75, 3.05) is 0 Å². The molecular weight excluding hydrogens is 164 g/mol. The third-order valence-corrected chi connectivity index (χ3v) is 1.49. The highest BCUT2D eigenvalue weighted by atomic mass is 35.5. The van der Waals surface area contributed by atoms with Gasteiger partial charge in [-0.05, 0) is 0 Å². The molecule has 0 saturated heterocycles. The predicted octanol–water partition coefficient (Wildman–Crippen LogP) is 0.939. The number of hydrogen-bond donors (Lipinski definition) is 1. The van der Waals surface area contributed by atoms with Crippen LogP contribution in [0.1, 0.15) is 12.8 Å². The van der Waals surface area contributed by atoms with Crippen LogP contribution in [0.25, 0.3) is 0 Å². The predicted molar refractivity (Wildman–Crippen MR) is 34.1 cm³/mol. The molecule has 1 saturated carbocycles. The van der Waals surface area contributed by atoms with Crippen molar-refractivity contribution in [2.24, 2.45) is 11.7 Å². The number of nitrogens with two attached hydrogens (primary N) is 1. The van der Waals surface area contributed by atoms with Crippen LogP contribution in [0, 0.1) is 5.92 Å². The van der Waals surface area contributed by atoms with Crippen LogP contribution >= 0.6 is 12.4 Å². The maximum atomic E-state index is 11.9. The van der Waals surface area contributed by atoms with E-state index in [9.17, 15) is 13.6 Å². The van der Waals surface area contributed by atoms with Gasteiger partial charge in [-0.15, -0.1) is 12.4 Å². The van der Waals surface area contributed by atoms with E-state index in [-0.39, 0.29) is 25.2 Å². The second-order valence-electron chi connectivity index (χ2n) is 2.36. The van der Waals surface area contributed by atoms with Crippen molar-refractivity contribution in [3.63, 3.8) is 0 Å². The van der Waals surface area contributed by atoms with Gasteiger partial charge in [0.1, 0.15) is 0 Å². The molecule has 0 atom stereocenters. The minimum atomic E-state index is -2.63. The molecule has 0 bridgehead atoms. The Labute approximate surface area is 63.2 Å². The molecule has 1 amide bonds. The normalized spacial score (nSPS) is 22.6. The summed E-state index contributed by atoms with van der Waals surface area (Å²) in [6.45, 7) is 0. The van der Waals surface area contributed by atoms with Gasteiger partial charge >= 0.3 is 0 Å². The minimum Gasteiger partial charge on any atom is -0.369 e. The third-order valence-electron chi connectivity index (χ3n) is 1.49. The number of halogens is 3. The highest BCUT2D eigenvalue weighted by Crippen LogP contribution is 2.41. The Morgan fingerprint density at radius 1 is 1.50 bits per heavy atom. The van der Waals surface area contributed by atoms with E-state index in [1.807, 2.05) is 0 Å². The number of rotatable bonds is 1. The van der Waals surface area contributed by atoms with Gasteiger partial charge in [0, 0.05) is 18.8 Å². The minimum absolute atomic E-state index is 0. The van der Waals surface area contributed by atoms with Crippen molar-refractivity contribution in [1.82, 2.24) is 0 Å². The lowest BCUT2D eigenvalue weighted by molar-refractivity contribution is -0.147. The molecule has 0 radical (unpaired) electrons. The SMILES string of the molecule is Cl.NC(=O)C1CC(F)(F)C1. The number of amides is 1. The average Bonchev–Trinajstić information content (AvgIpc) is 1.59. The van der Waals surface area contributed by atoms with Gasteiger partial charge in [-0.3, -0.25) is 4.79 Å². The first-order valence-electron chi connectivity index (χ1n) is 2.68. The van der Waals surface area contributed by atoms with Gasteiger partial charge in [0.2, 0.25) is 11.8 Å². The molecule has 1 rings (SSSR count). The first kappa shape index (κ1) is 9.62. The summed E-state index contributed by atoms with van der Waals surface area (Å²) in [5.41, 5.74) is 4.75. The lowest BCUT2D eigenvalue weighted by Gasteiger charge is -2.32. The van der Waals surface area contributed by atoms with Crippen LogP contribution in [0.4, 0.5) is 8.78 Å². The largest absolute Gasteiger partial charge is 0.369 e. The lowest BCUT2D eigenvalue weighted by atomic mass is 9.81.